The highest BCUT2D eigenvalue weighted by molar-refractivity contribution is 6.09. The molecule has 0 spiro atoms. The third kappa shape index (κ3) is 2.54. The van der Waals surface area contributed by atoms with Gasteiger partial charge in [-0.15, -0.1) is 0 Å². The number of nitrogens with zero attached hydrogens (tertiary/aromatic N) is 2. The normalized spacial score (nSPS) is 18.0. The lowest BCUT2D eigenvalue weighted by Gasteiger charge is -2.35. The molecule has 2 heterocycles. The fraction of sp³-hybridized carbons (Fsp3) is 0.250. The van der Waals surface area contributed by atoms with Gasteiger partial charge in [0.15, 0.2) is 5.58 Å². The molecule has 0 saturated carbocycles. The van der Waals surface area contributed by atoms with E-state index in [1.165, 1.54) is 33.2 Å². The van der Waals surface area contributed by atoms with Gasteiger partial charge in [0.1, 0.15) is 5.58 Å². The summed E-state index contributed by atoms with van der Waals surface area (Å²) in [4.78, 5) is 4.90. The Morgan fingerprint density at radius 1 is 0.852 bits per heavy atom. The Kier molecular flexibility index (Phi) is 3.73. The van der Waals surface area contributed by atoms with Crippen LogP contribution in [0.1, 0.15) is 23.6 Å². The van der Waals surface area contributed by atoms with Crippen molar-refractivity contribution >= 4 is 27.6 Å². The number of hydrogen-bond donors (Lipinski definition) is 0. The molecule has 1 aromatic heterocycles. The van der Waals surface area contributed by atoms with Crippen molar-refractivity contribution in [2.45, 2.75) is 33.1 Å². The molecule has 0 amide bonds. The minimum absolute atomic E-state index is 0.273. The highest BCUT2D eigenvalue weighted by atomic mass is 16.3. The zero-order valence-electron chi connectivity index (χ0n) is 16.1. The Bertz CT molecular complexity index is 1140. The van der Waals surface area contributed by atoms with Crippen LogP contribution in [0.3, 0.4) is 0 Å². The van der Waals surface area contributed by atoms with E-state index in [2.05, 4.69) is 85.3 Å². The predicted octanol–water partition coefficient (Wildman–Crippen LogP) is 5.69. The average Bonchev–Trinajstić information content (AvgIpc) is 3.00. The first-order valence-corrected chi connectivity index (χ1v) is 9.58. The van der Waals surface area contributed by atoms with Gasteiger partial charge in [0, 0.05) is 23.9 Å². The van der Waals surface area contributed by atoms with Gasteiger partial charge < -0.3 is 9.32 Å². The molecular weight excluding hydrogens is 332 g/mol. The summed E-state index contributed by atoms with van der Waals surface area (Å²) in [7, 11) is 2.20. The zero-order valence-corrected chi connectivity index (χ0v) is 16.1. The minimum Gasteiger partial charge on any atom is -0.454 e. The van der Waals surface area contributed by atoms with Crippen LogP contribution in [-0.2, 0) is 13.1 Å². The van der Waals surface area contributed by atoms with Gasteiger partial charge >= 0.3 is 0 Å². The van der Waals surface area contributed by atoms with Crippen molar-refractivity contribution in [1.82, 2.24) is 4.90 Å². The van der Waals surface area contributed by atoms with E-state index in [4.69, 9.17) is 4.42 Å². The second-order valence-electron chi connectivity index (χ2n) is 7.65. The molecule has 3 heteroatoms. The molecule has 0 fully saturated rings. The van der Waals surface area contributed by atoms with Crippen LogP contribution in [0.5, 0.6) is 0 Å². The standard InChI is InChI=1S/C24H24N2O/c1-16-12-13-21-20-10-6-7-11-22(20)27-24(21)23(16)26-15-19-9-5-4-8-18(19)14-25(3)17(26)2/h4-13,17H,14-15H2,1-3H3. The number of hydrogen-bond acceptors (Lipinski definition) is 3. The lowest BCUT2D eigenvalue weighted by molar-refractivity contribution is 0.248. The number of benzene rings is 3. The van der Waals surface area contributed by atoms with E-state index in [1.807, 2.05) is 6.07 Å². The van der Waals surface area contributed by atoms with Gasteiger partial charge in [0.2, 0.25) is 0 Å². The first kappa shape index (κ1) is 16.4. The van der Waals surface area contributed by atoms with Crippen LogP contribution in [0.15, 0.2) is 65.1 Å². The molecule has 0 saturated heterocycles. The lowest BCUT2D eigenvalue weighted by Crippen LogP contribution is -2.42. The summed E-state index contributed by atoms with van der Waals surface area (Å²) in [5.74, 6) is 0. The number of furan rings is 1. The van der Waals surface area contributed by atoms with E-state index in [1.54, 1.807) is 0 Å². The molecule has 1 aliphatic rings. The molecule has 1 unspecified atom stereocenters. The van der Waals surface area contributed by atoms with Gasteiger partial charge in [-0.3, -0.25) is 4.90 Å². The van der Waals surface area contributed by atoms with Gasteiger partial charge in [-0.2, -0.15) is 0 Å². The Labute approximate surface area is 159 Å². The first-order valence-electron chi connectivity index (χ1n) is 9.58. The van der Waals surface area contributed by atoms with Gasteiger partial charge in [-0.1, -0.05) is 54.6 Å². The van der Waals surface area contributed by atoms with Gasteiger partial charge in [0.05, 0.1) is 11.9 Å². The van der Waals surface area contributed by atoms with E-state index < -0.39 is 0 Å². The maximum absolute atomic E-state index is 6.37. The molecule has 3 aromatic carbocycles. The Hall–Kier alpha value is -2.78. The van der Waals surface area contributed by atoms with Crippen molar-refractivity contribution in [3.05, 3.63) is 77.4 Å². The van der Waals surface area contributed by atoms with E-state index in [0.717, 1.165) is 24.3 Å². The summed E-state index contributed by atoms with van der Waals surface area (Å²) >= 11 is 0. The summed E-state index contributed by atoms with van der Waals surface area (Å²) in [6.07, 6.45) is 0.273. The van der Waals surface area contributed by atoms with Crippen LogP contribution >= 0.6 is 0 Å². The summed E-state index contributed by atoms with van der Waals surface area (Å²) in [6.45, 7) is 6.32. The molecule has 136 valence electrons. The van der Waals surface area contributed by atoms with Crippen molar-refractivity contribution in [2.24, 2.45) is 0 Å². The van der Waals surface area contributed by atoms with Crippen molar-refractivity contribution in [2.75, 3.05) is 11.9 Å². The number of para-hydroxylation sites is 1. The molecule has 0 radical (unpaired) electrons. The summed E-state index contributed by atoms with van der Waals surface area (Å²) in [6, 6.07) is 21.5. The van der Waals surface area contributed by atoms with Crippen molar-refractivity contribution in [3.8, 4) is 0 Å². The highest BCUT2D eigenvalue weighted by Crippen LogP contribution is 2.39. The van der Waals surface area contributed by atoms with E-state index in [0.29, 0.717) is 0 Å². The second kappa shape index (κ2) is 6.14. The lowest BCUT2D eigenvalue weighted by atomic mass is 10.1. The number of aryl methyl sites for hydroxylation is 1. The van der Waals surface area contributed by atoms with Crippen LogP contribution in [0.2, 0.25) is 0 Å². The molecule has 4 aromatic rings. The van der Waals surface area contributed by atoms with E-state index >= 15 is 0 Å². The van der Waals surface area contributed by atoms with Crippen LogP contribution in [0, 0.1) is 6.92 Å². The Morgan fingerprint density at radius 2 is 1.56 bits per heavy atom. The quantitative estimate of drug-likeness (QED) is 0.437. The Morgan fingerprint density at radius 3 is 2.37 bits per heavy atom. The SMILES string of the molecule is Cc1ccc2c(oc3ccccc32)c1N1Cc2ccccc2CN(C)C1C. The minimum atomic E-state index is 0.273. The molecule has 0 bridgehead atoms. The van der Waals surface area contributed by atoms with Crippen LogP contribution < -0.4 is 4.90 Å². The predicted molar refractivity (Wildman–Crippen MR) is 112 cm³/mol. The van der Waals surface area contributed by atoms with Crippen molar-refractivity contribution in [3.63, 3.8) is 0 Å². The molecule has 1 atom stereocenters. The maximum Gasteiger partial charge on any atom is 0.159 e. The van der Waals surface area contributed by atoms with Crippen LogP contribution in [-0.4, -0.2) is 18.1 Å². The largest absolute Gasteiger partial charge is 0.454 e. The second-order valence-corrected chi connectivity index (χ2v) is 7.65. The summed E-state index contributed by atoms with van der Waals surface area (Å²) in [5.41, 5.74) is 7.21. The average molecular weight is 356 g/mol. The summed E-state index contributed by atoms with van der Waals surface area (Å²) < 4.78 is 6.37. The van der Waals surface area contributed by atoms with E-state index in [-0.39, 0.29) is 6.17 Å². The van der Waals surface area contributed by atoms with Crippen molar-refractivity contribution in [1.29, 1.82) is 0 Å². The third-order valence-corrected chi connectivity index (χ3v) is 5.98. The zero-order chi connectivity index (χ0) is 18.5. The molecule has 3 nitrogen and oxygen atoms in total. The molecule has 0 aliphatic carbocycles. The topological polar surface area (TPSA) is 19.6 Å². The number of anilines is 1. The number of fused-ring (bicyclic) bond motifs is 4. The van der Waals surface area contributed by atoms with Gasteiger partial charge in [-0.05, 0) is 43.7 Å². The molecular formula is C24H24N2O. The number of rotatable bonds is 1. The first-order chi connectivity index (χ1) is 13.1. The van der Waals surface area contributed by atoms with Gasteiger partial charge in [0.25, 0.3) is 0 Å². The fourth-order valence-corrected chi connectivity index (χ4v) is 4.32. The van der Waals surface area contributed by atoms with E-state index in [9.17, 15) is 0 Å². The van der Waals surface area contributed by atoms with Crippen LogP contribution in [0.25, 0.3) is 21.9 Å². The monoisotopic (exact) mass is 356 g/mol. The Balaban J connectivity index is 1.75. The van der Waals surface area contributed by atoms with Gasteiger partial charge in [-0.25, -0.2) is 0 Å². The molecule has 27 heavy (non-hydrogen) atoms. The van der Waals surface area contributed by atoms with Crippen LogP contribution in [0.4, 0.5) is 5.69 Å². The highest BCUT2D eigenvalue weighted by Gasteiger charge is 2.28. The molecule has 5 rings (SSSR count). The molecule has 0 N–H and O–H groups in total. The smallest absolute Gasteiger partial charge is 0.159 e. The maximum atomic E-state index is 6.37. The van der Waals surface area contributed by atoms with Crippen molar-refractivity contribution < 1.29 is 4.42 Å². The third-order valence-electron chi connectivity index (χ3n) is 5.98. The summed E-state index contributed by atoms with van der Waals surface area (Å²) in [5, 5.41) is 2.38. The molecule has 1 aliphatic heterocycles. The fourth-order valence-electron chi connectivity index (χ4n) is 4.32.